The largest absolute Gasteiger partial charge is 0.497 e. The molecular formula is C28H28N2O4. The smallest absolute Gasteiger partial charge is 0.340 e. The summed E-state index contributed by atoms with van der Waals surface area (Å²) in [6.45, 7) is 7.76. The number of hydrogen-bond acceptors (Lipinski definition) is 4. The molecule has 0 aliphatic carbocycles. The summed E-state index contributed by atoms with van der Waals surface area (Å²) >= 11 is 0. The van der Waals surface area contributed by atoms with E-state index in [4.69, 9.17) is 9.47 Å². The Morgan fingerprint density at radius 3 is 2.09 bits per heavy atom. The summed E-state index contributed by atoms with van der Waals surface area (Å²) < 4.78 is 12.4. The van der Waals surface area contributed by atoms with E-state index in [0.717, 1.165) is 34.0 Å². The number of benzene rings is 2. The molecule has 6 heteroatoms. The number of nitrogens with zero attached hydrogens (tertiary/aromatic N) is 2. The molecule has 0 bridgehead atoms. The highest BCUT2D eigenvalue weighted by Crippen LogP contribution is 2.36. The maximum atomic E-state index is 13.6. The van der Waals surface area contributed by atoms with E-state index in [1.807, 2.05) is 75.4 Å². The van der Waals surface area contributed by atoms with Gasteiger partial charge in [-0.05, 0) is 81.8 Å². The third kappa shape index (κ3) is 3.92. The van der Waals surface area contributed by atoms with E-state index in [1.54, 1.807) is 25.0 Å². The van der Waals surface area contributed by atoms with Gasteiger partial charge in [0.1, 0.15) is 5.75 Å². The number of hydrogen-bond donors (Lipinski definition) is 0. The first-order valence-electron chi connectivity index (χ1n) is 11.0. The van der Waals surface area contributed by atoms with Gasteiger partial charge in [0.15, 0.2) is 0 Å². The van der Waals surface area contributed by atoms with Crippen molar-refractivity contribution in [3.63, 3.8) is 0 Å². The van der Waals surface area contributed by atoms with Gasteiger partial charge in [-0.2, -0.15) is 0 Å². The third-order valence-corrected chi connectivity index (χ3v) is 6.18. The summed E-state index contributed by atoms with van der Waals surface area (Å²) in [7, 11) is 2.97. The van der Waals surface area contributed by atoms with Gasteiger partial charge in [0.05, 0.1) is 25.4 Å². The van der Waals surface area contributed by atoms with Crippen molar-refractivity contribution in [3.8, 4) is 11.4 Å². The van der Waals surface area contributed by atoms with Crippen LogP contribution in [0.15, 0.2) is 71.4 Å². The fraction of sp³-hybridized carbons (Fsp3) is 0.214. The van der Waals surface area contributed by atoms with Crippen LogP contribution in [0.25, 0.3) is 11.8 Å². The number of esters is 1. The molecule has 6 nitrogen and oxygen atoms in total. The number of aryl methyl sites for hydroxylation is 2. The zero-order valence-electron chi connectivity index (χ0n) is 20.3. The van der Waals surface area contributed by atoms with E-state index in [9.17, 15) is 9.59 Å². The van der Waals surface area contributed by atoms with Gasteiger partial charge in [-0.3, -0.25) is 9.69 Å². The molecule has 0 unspecified atom stereocenters. The van der Waals surface area contributed by atoms with Gasteiger partial charge in [-0.1, -0.05) is 17.7 Å². The molecule has 34 heavy (non-hydrogen) atoms. The van der Waals surface area contributed by atoms with Crippen molar-refractivity contribution < 1.29 is 19.1 Å². The van der Waals surface area contributed by atoms with Gasteiger partial charge in [-0.25, -0.2) is 4.79 Å². The second-order valence-electron chi connectivity index (χ2n) is 8.35. The first kappa shape index (κ1) is 23.1. The second-order valence-corrected chi connectivity index (χ2v) is 8.35. The van der Waals surface area contributed by atoms with Crippen LogP contribution in [0, 0.1) is 20.8 Å². The van der Waals surface area contributed by atoms with E-state index in [1.165, 1.54) is 7.11 Å². The van der Waals surface area contributed by atoms with Crippen molar-refractivity contribution in [2.75, 3.05) is 19.1 Å². The van der Waals surface area contributed by atoms with Crippen LogP contribution in [0.5, 0.6) is 5.75 Å². The summed E-state index contributed by atoms with van der Waals surface area (Å²) in [5, 5.41) is 0. The third-order valence-electron chi connectivity index (χ3n) is 6.18. The number of methoxy groups -OCH3 is 2. The zero-order valence-corrected chi connectivity index (χ0v) is 20.3. The lowest BCUT2D eigenvalue weighted by Crippen LogP contribution is -2.24. The Hall–Kier alpha value is -4.06. The standard InChI is InChI=1S/C28H28N2O4/c1-17-7-9-23(10-8-17)30-20(4)26(28(32)34-6)25(27(30)31)16-21-15-18(2)29(19(21)3)22-11-13-24(33-5)14-12-22/h7-16H,1-6H3. The van der Waals surface area contributed by atoms with Crippen LogP contribution in [0.3, 0.4) is 0 Å². The molecule has 2 aromatic carbocycles. The predicted octanol–water partition coefficient (Wildman–Crippen LogP) is 5.29. The number of aromatic nitrogens is 1. The highest BCUT2D eigenvalue weighted by atomic mass is 16.5. The molecule has 0 spiro atoms. The Labute approximate surface area is 199 Å². The Bertz CT molecular complexity index is 1330. The number of rotatable bonds is 5. The Balaban J connectivity index is 1.82. The van der Waals surface area contributed by atoms with Gasteiger partial charge in [0.2, 0.25) is 0 Å². The molecule has 1 aromatic heterocycles. The molecule has 1 amide bonds. The summed E-state index contributed by atoms with van der Waals surface area (Å²) in [6.07, 6.45) is 1.79. The lowest BCUT2D eigenvalue weighted by atomic mass is 10.0. The predicted molar refractivity (Wildman–Crippen MR) is 133 cm³/mol. The fourth-order valence-corrected chi connectivity index (χ4v) is 4.40. The Morgan fingerprint density at radius 2 is 1.50 bits per heavy atom. The summed E-state index contributed by atoms with van der Waals surface area (Å²) in [5.74, 6) is -0.00341. The molecule has 0 saturated carbocycles. The van der Waals surface area contributed by atoms with E-state index in [-0.39, 0.29) is 11.5 Å². The van der Waals surface area contributed by atoms with Crippen LogP contribution < -0.4 is 9.64 Å². The van der Waals surface area contributed by atoms with Crippen molar-refractivity contribution in [1.82, 2.24) is 4.57 Å². The maximum absolute atomic E-state index is 13.6. The average molecular weight is 457 g/mol. The van der Waals surface area contributed by atoms with Crippen molar-refractivity contribution >= 4 is 23.6 Å². The lowest BCUT2D eigenvalue weighted by molar-refractivity contribution is -0.136. The van der Waals surface area contributed by atoms with E-state index in [2.05, 4.69) is 4.57 Å². The minimum atomic E-state index is -0.532. The first-order chi connectivity index (χ1) is 16.3. The normalized spacial score (nSPS) is 14.8. The number of allylic oxidation sites excluding steroid dienone is 1. The van der Waals surface area contributed by atoms with Gasteiger partial charge in [0.25, 0.3) is 5.91 Å². The molecule has 4 rings (SSSR count). The average Bonchev–Trinajstić information content (AvgIpc) is 3.25. The molecule has 0 saturated heterocycles. The van der Waals surface area contributed by atoms with Crippen LogP contribution in [0.2, 0.25) is 0 Å². The van der Waals surface area contributed by atoms with Crippen molar-refractivity contribution in [1.29, 1.82) is 0 Å². The number of ether oxygens (including phenoxy) is 2. The maximum Gasteiger partial charge on any atom is 0.340 e. The molecule has 1 aliphatic rings. The van der Waals surface area contributed by atoms with Gasteiger partial charge >= 0.3 is 5.97 Å². The molecule has 0 atom stereocenters. The van der Waals surface area contributed by atoms with Crippen molar-refractivity contribution in [2.24, 2.45) is 0 Å². The van der Waals surface area contributed by atoms with Crippen LogP contribution >= 0.6 is 0 Å². The molecule has 0 fully saturated rings. The summed E-state index contributed by atoms with van der Waals surface area (Å²) in [6, 6.07) is 17.4. The van der Waals surface area contributed by atoms with Crippen LogP contribution in [0.4, 0.5) is 5.69 Å². The molecule has 1 aliphatic heterocycles. The quantitative estimate of drug-likeness (QED) is 0.387. The van der Waals surface area contributed by atoms with E-state index in [0.29, 0.717) is 17.0 Å². The number of carbonyl (C=O) groups excluding carboxylic acids is 2. The number of amides is 1. The topological polar surface area (TPSA) is 60.8 Å². The number of anilines is 1. The van der Waals surface area contributed by atoms with Crippen LogP contribution in [-0.2, 0) is 14.3 Å². The minimum Gasteiger partial charge on any atom is -0.497 e. The highest BCUT2D eigenvalue weighted by Gasteiger charge is 2.38. The van der Waals surface area contributed by atoms with E-state index >= 15 is 0 Å². The molecule has 0 radical (unpaired) electrons. The monoisotopic (exact) mass is 456 g/mol. The summed E-state index contributed by atoms with van der Waals surface area (Å²) in [4.78, 5) is 27.9. The van der Waals surface area contributed by atoms with Crippen molar-refractivity contribution in [3.05, 3.63) is 94.0 Å². The molecular weight excluding hydrogens is 428 g/mol. The van der Waals surface area contributed by atoms with Crippen LogP contribution in [0.1, 0.15) is 29.4 Å². The summed E-state index contributed by atoms with van der Waals surface area (Å²) in [5.41, 5.74) is 6.76. The van der Waals surface area contributed by atoms with E-state index < -0.39 is 5.97 Å². The highest BCUT2D eigenvalue weighted by molar-refractivity contribution is 6.23. The molecule has 3 aromatic rings. The lowest BCUT2D eigenvalue weighted by Gasteiger charge is -2.18. The fourth-order valence-electron chi connectivity index (χ4n) is 4.40. The molecule has 2 heterocycles. The molecule has 174 valence electrons. The Kier molecular flexibility index (Phi) is 6.16. The van der Waals surface area contributed by atoms with Gasteiger partial charge < -0.3 is 14.0 Å². The minimum absolute atomic E-state index is 0.254. The SMILES string of the molecule is COC(=O)C1=C(C)N(c2ccc(C)cc2)C(=O)C1=Cc1cc(C)n(-c2ccc(OC)cc2)c1C. The zero-order chi connectivity index (χ0) is 24.6. The molecule has 0 N–H and O–H groups in total. The second kappa shape index (κ2) is 9.06. The van der Waals surface area contributed by atoms with Gasteiger partial charge in [-0.15, -0.1) is 0 Å². The van der Waals surface area contributed by atoms with Crippen LogP contribution in [-0.4, -0.2) is 30.7 Å². The first-order valence-corrected chi connectivity index (χ1v) is 11.0. The Morgan fingerprint density at radius 1 is 0.882 bits per heavy atom. The number of carbonyl (C=O) groups is 2. The van der Waals surface area contributed by atoms with Gasteiger partial charge in [0, 0.05) is 28.5 Å². The van der Waals surface area contributed by atoms with Crippen molar-refractivity contribution in [2.45, 2.75) is 27.7 Å².